The van der Waals surface area contributed by atoms with Gasteiger partial charge in [-0.3, -0.25) is 4.79 Å². The molecule has 10 heteroatoms. The number of carbonyl (C=O) groups is 1. The molecule has 1 fully saturated rings. The van der Waals surface area contributed by atoms with Gasteiger partial charge in [-0.25, -0.2) is 8.42 Å². The molecule has 0 N–H and O–H groups in total. The van der Waals surface area contributed by atoms with Crippen molar-refractivity contribution < 1.29 is 31.1 Å². The molecule has 0 spiro atoms. The lowest BCUT2D eigenvalue weighted by Crippen LogP contribution is -2.34. The van der Waals surface area contributed by atoms with Gasteiger partial charge in [0.25, 0.3) is 5.91 Å². The third kappa shape index (κ3) is 4.62. The van der Waals surface area contributed by atoms with Gasteiger partial charge in [0.05, 0.1) is 16.6 Å². The first-order valence-electron chi connectivity index (χ1n) is 8.06. The van der Waals surface area contributed by atoms with Crippen LogP contribution in [-0.2, 0) is 9.84 Å². The fourth-order valence-electron chi connectivity index (χ4n) is 2.97. The molecule has 1 aliphatic heterocycles. The molecule has 1 saturated heterocycles. The van der Waals surface area contributed by atoms with Gasteiger partial charge in [-0.1, -0.05) is 18.2 Å². The van der Waals surface area contributed by atoms with Gasteiger partial charge in [-0.15, -0.1) is 24.5 Å². The molecule has 1 atom stereocenters. The second-order valence-corrected chi connectivity index (χ2v) is 9.28. The summed E-state index contributed by atoms with van der Waals surface area (Å²) in [4.78, 5) is 14.7. The summed E-state index contributed by atoms with van der Waals surface area (Å²) >= 11 is 1.33. The van der Waals surface area contributed by atoms with Crippen LogP contribution in [0.5, 0.6) is 5.75 Å². The summed E-state index contributed by atoms with van der Waals surface area (Å²) in [5.74, 6) is -1.53. The molecule has 27 heavy (non-hydrogen) atoms. The third-order valence-electron chi connectivity index (χ3n) is 4.23. The van der Waals surface area contributed by atoms with Crippen LogP contribution in [-0.4, -0.2) is 44.4 Å². The lowest BCUT2D eigenvalue weighted by molar-refractivity contribution is -0.274. The van der Waals surface area contributed by atoms with E-state index in [1.807, 2.05) is 0 Å². The second-order valence-electron chi connectivity index (χ2n) is 6.00. The molecule has 2 aromatic rings. The highest BCUT2D eigenvalue weighted by molar-refractivity contribution is 7.91. The third-order valence-corrected chi connectivity index (χ3v) is 7.47. The van der Waals surface area contributed by atoms with Crippen LogP contribution in [0.15, 0.2) is 41.8 Å². The molecule has 5 nitrogen and oxygen atoms in total. The van der Waals surface area contributed by atoms with Crippen LogP contribution in [0.4, 0.5) is 13.2 Å². The molecule has 1 aromatic heterocycles. The highest BCUT2D eigenvalue weighted by atomic mass is 32.2. The summed E-state index contributed by atoms with van der Waals surface area (Å²) < 4.78 is 66.8. The number of para-hydroxylation sites is 1. The average Bonchev–Trinajstić information content (AvgIpc) is 3.05. The zero-order chi connectivity index (χ0) is 19.7. The Bertz CT molecular complexity index is 911. The van der Waals surface area contributed by atoms with Crippen LogP contribution in [0.1, 0.15) is 26.9 Å². The Morgan fingerprint density at radius 3 is 2.56 bits per heavy atom. The fourth-order valence-corrected chi connectivity index (χ4v) is 5.97. The highest BCUT2D eigenvalue weighted by Gasteiger charge is 2.36. The van der Waals surface area contributed by atoms with Gasteiger partial charge < -0.3 is 9.64 Å². The fraction of sp³-hybridized carbons (Fsp3) is 0.353. The number of carbonyl (C=O) groups excluding carboxylic acids is 1. The van der Waals surface area contributed by atoms with Crippen molar-refractivity contribution in [3.05, 3.63) is 52.2 Å². The van der Waals surface area contributed by atoms with Gasteiger partial charge in [0.15, 0.2) is 9.84 Å². The van der Waals surface area contributed by atoms with E-state index < -0.39 is 33.1 Å². The number of halogens is 3. The van der Waals surface area contributed by atoms with E-state index in [1.165, 1.54) is 34.4 Å². The summed E-state index contributed by atoms with van der Waals surface area (Å²) in [6.07, 6.45) is -4.74. The molecule has 146 valence electrons. The van der Waals surface area contributed by atoms with Crippen LogP contribution in [0.25, 0.3) is 0 Å². The average molecular weight is 419 g/mol. The Hall–Kier alpha value is -2.07. The molecule has 0 saturated carbocycles. The normalized spacial score (nSPS) is 20.1. The molecular weight excluding hydrogens is 403 g/mol. The summed E-state index contributed by atoms with van der Waals surface area (Å²) in [5.41, 5.74) is -0.248. The number of benzene rings is 1. The number of alkyl halides is 3. The maximum absolute atomic E-state index is 12.7. The van der Waals surface area contributed by atoms with Crippen LogP contribution in [0.3, 0.4) is 0 Å². The number of nitrogens with zero attached hydrogens (tertiary/aromatic N) is 1. The summed E-state index contributed by atoms with van der Waals surface area (Å²) in [5, 5.41) is 1.07. The molecule has 0 radical (unpaired) electrons. The highest BCUT2D eigenvalue weighted by Crippen LogP contribution is 2.33. The summed E-state index contributed by atoms with van der Waals surface area (Å²) in [6.45, 7) is 0.0460. The topological polar surface area (TPSA) is 63.7 Å². The maximum Gasteiger partial charge on any atom is 0.573 e. The van der Waals surface area contributed by atoms with Crippen molar-refractivity contribution in [2.75, 3.05) is 18.8 Å². The van der Waals surface area contributed by atoms with Crippen molar-refractivity contribution in [2.24, 2.45) is 0 Å². The van der Waals surface area contributed by atoms with Gasteiger partial charge >= 0.3 is 6.36 Å². The van der Waals surface area contributed by atoms with E-state index in [4.69, 9.17) is 0 Å². The Labute approximate surface area is 158 Å². The lowest BCUT2D eigenvalue weighted by Gasteiger charge is -2.21. The largest absolute Gasteiger partial charge is 0.573 e. The van der Waals surface area contributed by atoms with Crippen LogP contribution >= 0.6 is 11.3 Å². The van der Waals surface area contributed by atoms with E-state index in [0.29, 0.717) is 4.88 Å². The summed E-state index contributed by atoms with van der Waals surface area (Å²) in [7, 11) is -3.47. The molecule has 1 aliphatic rings. The van der Waals surface area contributed by atoms with Crippen LogP contribution < -0.4 is 4.74 Å². The number of ether oxygens (including phenoxy) is 1. The molecule has 0 bridgehead atoms. The number of sulfone groups is 1. The zero-order valence-electron chi connectivity index (χ0n) is 14.0. The van der Waals surface area contributed by atoms with E-state index in [9.17, 15) is 26.4 Å². The van der Waals surface area contributed by atoms with E-state index >= 15 is 0 Å². The monoisotopic (exact) mass is 419 g/mol. The number of hydrogen-bond donors (Lipinski definition) is 0. The number of rotatable bonds is 3. The predicted molar refractivity (Wildman–Crippen MR) is 94.5 cm³/mol. The van der Waals surface area contributed by atoms with Gasteiger partial charge in [0.1, 0.15) is 5.75 Å². The van der Waals surface area contributed by atoms with Crippen LogP contribution in [0, 0.1) is 0 Å². The van der Waals surface area contributed by atoms with Crippen molar-refractivity contribution in [3.63, 3.8) is 0 Å². The maximum atomic E-state index is 12.7. The Balaban J connectivity index is 1.83. The van der Waals surface area contributed by atoms with Gasteiger partial charge in [-0.2, -0.15) is 0 Å². The predicted octanol–water partition coefficient (Wildman–Crippen LogP) is 3.65. The number of amides is 1. The SMILES string of the molecule is O=C(c1ccccc1OC(F)(F)F)N1CC[C@H](c2cccs2)S(=O)(=O)CC1. The van der Waals surface area contributed by atoms with Gasteiger partial charge in [0.2, 0.25) is 0 Å². The first-order chi connectivity index (χ1) is 12.7. The molecule has 2 heterocycles. The van der Waals surface area contributed by atoms with Crippen molar-refractivity contribution >= 4 is 27.1 Å². The Morgan fingerprint density at radius 2 is 1.89 bits per heavy atom. The molecule has 1 aromatic carbocycles. The van der Waals surface area contributed by atoms with Crippen molar-refractivity contribution in [2.45, 2.75) is 18.0 Å². The second kappa shape index (κ2) is 7.51. The first-order valence-corrected chi connectivity index (χ1v) is 10.7. The van der Waals surface area contributed by atoms with E-state index in [-0.39, 0.29) is 30.8 Å². The Kier molecular flexibility index (Phi) is 5.48. The molecule has 1 amide bonds. The van der Waals surface area contributed by atoms with Crippen molar-refractivity contribution in [3.8, 4) is 5.75 Å². The number of hydrogen-bond acceptors (Lipinski definition) is 5. The smallest absolute Gasteiger partial charge is 0.405 e. The minimum Gasteiger partial charge on any atom is -0.405 e. The van der Waals surface area contributed by atoms with Crippen LogP contribution in [0.2, 0.25) is 0 Å². The van der Waals surface area contributed by atoms with Gasteiger partial charge in [0, 0.05) is 18.0 Å². The minimum atomic E-state index is -4.93. The quantitative estimate of drug-likeness (QED) is 0.762. The standard InChI is InChI=1S/C17H16F3NO4S2/c18-17(19,20)25-13-5-2-1-4-12(13)16(22)21-8-7-15(14-6-3-10-26-14)27(23,24)11-9-21/h1-6,10,15H,7-9,11H2/t15-/m1/s1. The van der Waals surface area contributed by atoms with Crippen molar-refractivity contribution in [1.82, 2.24) is 4.90 Å². The van der Waals surface area contributed by atoms with Crippen molar-refractivity contribution in [1.29, 1.82) is 0 Å². The van der Waals surface area contributed by atoms with Gasteiger partial charge in [-0.05, 0) is 30.0 Å². The zero-order valence-corrected chi connectivity index (χ0v) is 15.6. The molecule has 0 aliphatic carbocycles. The Morgan fingerprint density at radius 1 is 1.15 bits per heavy atom. The number of thiophene rings is 1. The van der Waals surface area contributed by atoms with E-state index in [0.717, 1.165) is 6.07 Å². The lowest BCUT2D eigenvalue weighted by atomic mass is 10.1. The summed E-state index contributed by atoms with van der Waals surface area (Å²) in [6, 6.07) is 8.55. The van der Waals surface area contributed by atoms with E-state index in [1.54, 1.807) is 17.5 Å². The van der Waals surface area contributed by atoms with E-state index in [2.05, 4.69) is 4.74 Å². The minimum absolute atomic E-state index is 0.0800. The molecule has 3 rings (SSSR count). The first kappa shape index (κ1) is 19.7. The molecule has 0 unspecified atom stereocenters. The molecular formula is C17H16F3NO4S2.